The highest BCUT2D eigenvalue weighted by Gasteiger charge is 2.21. The van der Waals surface area contributed by atoms with Crippen LogP contribution in [0.5, 0.6) is 0 Å². The molecule has 136 valence electrons. The Morgan fingerprint density at radius 2 is 2.20 bits per heavy atom. The minimum Gasteiger partial charge on any atom is -0.379 e. The fourth-order valence-corrected chi connectivity index (χ4v) is 2.60. The average Bonchev–Trinajstić information content (AvgIpc) is 3.06. The van der Waals surface area contributed by atoms with Crippen molar-refractivity contribution in [1.29, 1.82) is 0 Å². The molecule has 6 nitrogen and oxygen atoms in total. The van der Waals surface area contributed by atoms with Crippen molar-refractivity contribution >= 4 is 6.03 Å². The van der Waals surface area contributed by atoms with Crippen LogP contribution >= 0.6 is 0 Å². The van der Waals surface area contributed by atoms with Crippen molar-refractivity contribution < 1.29 is 13.9 Å². The van der Waals surface area contributed by atoms with Gasteiger partial charge in [0.05, 0.1) is 17.6 Å². The molecule has 0 saturated heterocycles. The van der Waals surface area contributed by atoms with E-state index in [1.807, 2.05) is 20.8 Å². The maximum absolute atomic E-state index is 14.2. The molecule has 0 saturated carbocycles. The van der Waals surface area contributed by atoms with Gasteiger partial charge in [-0.05, 0) is 44.9 Å². The molecule has 0 aliphatic carbocycles. The van der Waals surface area contributed by atoms with Crippen molar-refractivity contribution in [3.05, 3.63) is 48.3 Å². The minimum atomic E-state index is -0.368. The molecular formula is C18H25FN4O2. The maximum Gasteiger partial charge on any atom is 0.315 e. The number of imidazole rings is 1. The third kappa shape index (κ3) is 5.56. The summed E-state index contributed by atoms with van der Waals surface area (Å²) in [5, 5.41) is 5.59. The molecule has 2 amide bonds. The lowest BCUT2D eigenvalue weighted by molar-refractivity contribution is 0.00950. The Balaban J connectivity index is 1.87. The van der Waals surface area contributed by atoms with Gasteiger partial charge in [0.25, 0.3) is 0 Å². The molecule has 2 rings (SSSR count). The smallest absolute Gasteiger partial charge is 0.315 e. The van der Waals surface area contributed by atoms with Gasteiger partial charge < -0.3 is 19.9 Å². The fourth-order valence-electron chi connectivity index (χ4n) is 2.60. The first kappa shape index (κ1) is 18.9. The van der Waals surface area contributed by atoms with Crippen molar-refractivity contribution in [2.24, 2.45) is 0 Å². The number of rotatable bonds is 7. The number of hydrogen-bond acceptors (Lipinski definition) is 3. The zero-order valence-electron chi connectivity index (χ0n) is 15.0. The Hall–Kier alpha value is -2.41. The Morgan fingerprint density at radius 1 is 1.44 bits per heavy atom. The van der Waals surface area contributed by atoms with E-state index in [0.29, 0.717) is 17.7 Å². The lowest BCUT2D eigenvalue weighted by Crippen LogP contribution is -2.43. The Morgan fingerprint density at radius 3 is 2.80 bits per heavy atom. The van der Waals surface area contributed by atoms with Crippen LogP contribution in [0.2, 0.25) is 0 Å². The highest BCUT2D eigenvalue weighted by Crippen LogP contribution is 2.16. The molecule has 0 spiro atoms. The summed E-state index contributed by atoms with van der Waals surface area (Å²) < 4.78 is 21.1. The molecular weight excluding hydrogens is 323 g/mol. The van der Waals surface area contributed by atoms with E-state index in [1.54, 1.807) is 36.2 Å². The van der Waals surface area contributed by atoms with E-state index in [0.717, 1.165) is 0 Å². The van der Waals surface area contributed by atoms with Gasteiger partial charge in [-0.1, -0.05) is 6.07 Å². The molecule has 0 aliphatic rings. The second-order valence-electron chi connectivity index (χ2n) is 6.65. The standard InChI is InChI=1S/C18H25FN4O2/c1-13(10-18(2,3)25-4)22-17(24)21-11-14-5-6-16(15(19)9-14)23-8-7-20-12-23/h5-9,12-13H,10-11H2,1-4H3,(H2,21,22,24)/t13-/m0/s1. The number of aromatic nitrogens is 2. The van der Waals surface area contributed by atoms with E-state index in [9.17, 15) is 9.18 Å². The average molecular weight is 348 g/mol. The first-order valence-electron chi connectivity index (χ1n) is 8.17. The zero-order valence-corrected chi connectivity index (χ0v) is 15.0. The predicted octanol–water partition coefficient (Wildman–Crippen LogP) is 3.01. The van der Waals surface area contributed by atoms with Crippen LogP contribution in [0.3, 0.4) is 0 Å². The highest BCUT2D eigenvalue weighted by atomic mass is 19.1. The van der Waals surface area contributed by atoms with Crippen LogP contribution in [0.1, 0.15) is 32.8 Å². The van der Waals surface area contributed by atoms with E-state index in [-0.39, 0.29) is 30.0 Å². The molecule has 0 radical (unpaired) electrons. The van der Waals surface area contributed by atoms with Gasteiger partial charge in [0.2, 0.25) is 0 Å². The number of amides is 2. The lowest BCUT2D eigenvalue weighted by Gasteiger charge is -2.27. The van der Waals surface area contributed by atoms with Crippen LogP contribution < -0.4 is 10.6 Å². The van der Waals surface area contributed by atoms with Crippen LogP contribution in [-0.4, -0.2) is 34.3 Å². The van der Waals surface area contributed by atoms with Gasteiger partial charge in [-0.3, -0.25) is 0 Å². The van der Waals surface area contributed by atoms with Gasteiger partial charge in [0, 0.05) is 32.1 Å². The van der Waals surface area contributed by atoms with Crippen LogP contribution in [0.25, 0.3) is 5.69 Å². The number of nitrogens with zero attached hydrogens (tertiary/aromatic N) is 2. The summed E-state index contributed by atoms with van der Waals surface area (Å²) in [7, 11) is 1.65. The summed E-state index contributed by atoms with van der Waals surface area (Å²) in [6.07, 6.45) is 5.48. The Bertz CT molecular complexity index is 701. The Kier molecular flexibility index (Phi) is 6.14. The summed E-state index contributed by atoms with van der Waals surface area (Å²) in [6.45, 7) is 6.09. The molecule has 1 aromatic carbocycles. The van der Waals surface area contributed by atoms with Crippen molar-refractivity contribution in [1.82, 2.24) is 20.2 Å². The monoisotopic (exact) mass is 348 g/mol. The van der Waals surface area contributed by atoms with Crippen LogP contribution in [-0.2, 0) is 11.3 Å². The number of halogens is 1. The van der Waals surface area contributed by atoms with Crippen molar-refractivity contribution in [2.45, 2.75) is 45.4 Å². The largest absolute Gasteiger partial charge is 0.379 e. The second-order valence-corrected chi connectivity index (χ2v) is 6.65. The van der Waals surface area contributed by atoms with Gasteiger partial charge >= 0.3 is 6.03 Å². The molecule has 1 atom stereocenters. The van der Waals surface area contributed by atoms with E-state index >= 15 is 0 Å². The van der Waals surface area contributed by atoms with Gasteiger partial charge in [-0.2, -0.15) is 0 Å². The highest BCUT2D eigenvalue weighted by molar-refractivity contribution is 5.74. The van der Waals surface area contributed by atoms with Gasteiger partial charge in [-0.25, -0.2) is 14.2 Å². The number of benzene rings is 1. The first-order valence-corrected chi connectivity index (χ1v) is 8.17. The summed E-state index contributed by atoms with van der Waals surface area (Å²) in [4.78, 5) is 15.9. The van der Waals surface area contributed by atoms with Crippen LogP contribution in [0.4, 0.5) is 9.18 Å². The Labute approximate surface area is 147 Å². The van der Waals surface area contributed by atoms with Gasteiger partial charge in [0.1, 0.15) is 5.82 Å². The van der Waals surface area contributed by atoms with Crippen molar-refractivity contribution in [2.75, 3.05) is 7.11 Å². The minimum absolute atomic E-state index is 0.0460. The maximum atomic E-state index is 14.2. The number of ether oxygens (including phenoxy) is 1. The number of hydrogen-bond donors (Lipinski definition) is 2. The molecule has 0 bridgehead atoms. The number of nitrogens with one attached hydrogen (secondary N) is 2. The van der Waals surface area contributed by atoms with Crippen molar-refractivity contribution in [3.8, 4) is 5.69 Å². The van der Waals surface area contributed by atoms with E-state index in [1.165, 1.54) is 12.4 Å². The zero-order chi connectivity index (χ0) is 18.4. The summed E-state index contributed by atoms with van der Waals surface area (Å²) in [5.41, 5.74) is 0.793. The quantitative estimate of drug-likeness (QED) is 0.808. The summed E-state index contributed by atoms with van der Waals surface area (Å²) >= 11 is 0. The fraction of sp³-hybridized carbons (Fsp3) is 0.444. The third-order valence-corrected chi connectivity index (χ3v) is 3.98. The van der Waals surface area contributed by atoms with Crippen LogP contribution in [0, 0.1) is 5.82 Å². The third-order valence-electron chi connectivity index (χ3n) is 3.98. The molecule has 0 fully saturated rings. The van der Waals surface area contributed by atoms with Crippen LogP contribution in [0.15, 0.2) is 36.9 Å². The molecule has 1 aromatic heterocycles. The number of carbonyl (C=O) groups is 1. The summed E-state index contributed by atoms with van der Waals surface area (Å²) in [5.74, 6) is -0.368. The number of carbonyl (C=O) groups excluding carboxylic acids is 1. The normalized spacial score (nSPS) is 12.7. The van der Waals surface area contributed by atoms with E-state index in [4.69, 9.17) is 4.74 Å². The molecule has 0 unspecified atom stereocenters. The molecule has 7 heteroatoms. The van der Waals surface area contributed by atoms with Gasteiger partial charge in [-0.15, -0.1) is 0 Å². The SMILES string of the molecule is COC(C)(C)C[C@H](C)NC(=O)NCc1ccc(-n2ccnc2)c(F)c1. The molecule has 1 heterocycles. The lowest BCUT2D eigenvalue weighted by atomic mass is 10.00. The molecule has 25 heavy (non-hydrogen) atoms. The number of methoxy groups -OCH3 is 1. The van der Waals surface area contributed by atoms with E-state index in [2.05, 4.69) is 15.6 Å². The molecule has 0 aliphatic heterocycles. The van der Waals surface area contributed by atoms with E-state index < -0.39 is 0 Å². The molecule has 2 aromatic rings. The first-order chi connectivity index (χ1) is 11.8. The topological polar surface area (TPSA) is 68.2 Å². The molecule has 2 N–H and O–H groups in total. The predicted molar refractivity (Wildman–Crippen MR) is 94.1 cm³/mol. The van der Waals surface area contributed by atoms with Crippen molar-refractivity contribution in [3.63, 3.8) is 0 Å². The summed E-state index contributed by atoms with van der Waals surface area (Å²) in [6, 6.07) is 4.51. The second kappa shape index (κ2) is 8.11. The number of urea groups is 1. The van der Waals surface area contributed by atoms with Gasteiger partial charge in [0.15, 0.2) is 0 Å².